The van der Waals surface area contributed by atoms with Gasteiger partial charge in [-0.2, -0.15) is 0 Å². The first kappa shape index (κ1) is 25.2. The van der Waals surface area contributed by atoms with Crippen molar-refractivity contribution in [2.45, 2.75) is 44.8 Å². The number of carbonyl (C=O) groups excluding carboxylic acids is 2. The summed E-state index contributed by atoms with van der Waals surface area (Å²) in [4.78, 5) is 34.3. The standard InChI is InChI=1S/C26H29ClN7O3/c1-18-28-16-23-17-32(26(36)33(18)23)22-11-13-31(14-12-22)25(35)24(15-19-5-3-2-4-6-19)30-34(37)29-21-9-7-20(27)8-10-21/h2-10,16,22,24,29-30H,11-15,17H2,1H3/q-1. The predicted octanol–water partition coefficient (Wildman–Crippen LogP) is 3.56. The zero-order valence-electron chi connectivity index (χ0n) is 20.5. The molecule has 3 heterocycles. The summed E-state index contributed by atoms with van der Waals surface area (Å²) in [6.45, 7) is 3.39. The summed E-state index contributed by atoms with van der Waals surface area (Å²) >= 11 is 5.92. The van der Waals surface area contributed by atoms with E-state index in [0.29, 0.717) is 60.7 Å². The van der Waals surface area contributed by atoms with Gasteiger partial charge in [0.15, 0.2) is 0 Å². The molecule has 1 aromatic heterocycles. The number of amides is 2. The predicted molar refractivity (Wildman–Crippen MR) is 140 cm³/mol. The van der Waals surface area contributed by atoms with E-state index in [0.717, 1.165) is 11.3 Å². The lowest BCUT2D eigenvalue weighted by atomic mass is 10.0. The molecule has 1 unspecified atom stereocenters. The Hall–Kier alpha value is -3.44. The number of carbonyl (C=O) groups is 2. The first-order valence-corrected chi connectivity index (χ1v) is 12.7. The molecule has 2 aromatic carbocycles. The van der Waals surface area contributed by atoms with Gasteiger partial charge < -0.3 is 20.4 Å². The highest BCUT2D eigenvalue weighted by atomic mass is 35.5. The van der Waals surface area contributed by atoms with Gasteiger partial charge in [0.25, 0.3) is 0 Å². The van der Waals surface area contributed by atoms with Crippen molar-refractivity contribution in [1.29, 1.82) is 0 Å². The van der Waals surface area contributed by atoms with Crippen molar-refractivity contribution in [3.05, 3.63) is 88.1 Å². The highest BCUT2D eigenvalue weighted by Crippen LogP contribution is 2.26. The molecule has 2 N–H and O–H groups in total. The van der Waals surface area contributed by atoms with Gasteiger partial charge in [-0.15, -0.1) is 0 Å². The zero-order chi connectivity index (χ0) is 25.9. The lowest BCUT2D eigenvalue weighted by Crippen LogP contribution is -2.56. The van der Waals surface area contributed by atoms with E-state index in [-0.39, 0.29) is 18.0 Å². The van der Waals surface area contributed by atoms with Crippen LogP contribution in [0.4, 0.5) is 10.5 Å². The molecule has 2 aliphatic rings. The smallest absolute Gasteiger partial charge is 0.330 e. The van der Waals surface area contributed by atoms with Crippen molar-refractivity contribution >= 4 is 29.2 Å². The Morgan fingerprint density at radius 2 is 1.86 bits per heavy atom. The van der Waals surface area contributed by atoms with E-state index < -0.39 is 6.04 Å². The third-order valence-electron chi connectivity index (χ3n) is 6.93. The van der Waals surface area contributed by atoms with E-state index >= 15 is 0 Å². The molecule has 10 nitrogen and oxygen atoms in total. The molecule has 2 amide bonds. The van der Waals surface area contributed by atoms with Crippen molar-refractivity contribution in [3.63, 3.8) is 0 Å². The SMILES string of the molecule is Cc1ncc2n1C(=O)N(C1CCN(C(=O)C(Cc3ccccc3)NN([O-])Nc3ccc(Cl)cc3)CC1)C2. The van der Waals surface area contributed by atoms with Gasteiger partial charge in [0.1, 0.15) is 11.9 Å². The molecule has 1 fully saturated rings. The minimum Gasteiger partial charge on any atom is -0.753 e. The second kappa shape index (κ2) is 10.9. The Kier molecular flexibility index (Phi) is 7.43. The van der Waals surface area contributed by atoms with E-state index in [1.54, 1.807) is 39.9 Å². The van der Waals surface area contributed by atoms with E-state index in [4.69, 9.17) is 11.6 Å². The van der Waals surface area contributed by atoms with Crippen LogP contribution in [0.5, 0.6) is 0 Å². The highest BCUT2D eigenvalue weighted by Gasteiger charge is 2.37. The quantitative estimate of drug-likeness (QED) is 0.435. The molecule has 194 valence electrons. The minimum absolute atomic E-state index is 0.0475. The fourth-order valence-corrected chi connectivity index (χ4v) is 5.12. The summed E-state index contributed by atoms with van der Waals surface area (Å²) in [5.41, 5.74) is 7.86. The summed E-state index contributed by atoms with van der Waals surface area (Å²) in [6, 6.07) is 15.5. The molecule has 0 radical (unpaired) electrons. The van der Waals surface area contributed by atoms with Crippen LogP contribution in [0, 0.1) is 12.1 Å². The Labute approximate surface area is 220 Å². The van der Waals surface area contributed by atoms with E-state index in [2.05, 4.69) is 15.8 Å². The Bertz CT molecular complexity index is 1240. The molecule has 0 spiro atoms. The van der Waals surface area contributed by atoms with Gasteiger partial charge in [-0.25, -0.2) is 20.5 Å². The number of nitrogens with zero attached hydrogens (tertiary/aromatic N) is 5. The van der Waals surface area contributed by atoms with Crippen LogP contribution in [0.15, 0.2) is 60.8 Å². The molecular formula is C26H29ClN7O3-. The van der Waals surface area contributed by atoms with Gasteiger partial charge in [-0.1, -0.05) is 41.9 Å². The van der Waals surface area contributed by atoms with Crippen LogP contribution < -0.4 is 10.9 Å². The number of fused-ring (bicyclic) bond motifs is 1. The van der Waals surface area contributed by atoms with E-state index in [9.17, 15) is 14.8 Å². The number of anilines is 1. The average Bonchev–Trinajstić information content (AvgIpc) is 3.44. The number of aromatic nitrogens is 2. The maximum Gasteiger partial charge on any atom is 0.330 e. The van der Waals surface area contributed by atoms with Crippen molar-refractivity contribution in [1.82, 2.24) is 30.1 Å². The van der Waals surface area contributed by atoms with E-state index in [1.807, 2.05) is 42.2 Å². The first-order chi connectivity index (χ1) is 17.9. The van der Waals surface area contributed by atoms with E-state index in [1.165, 1.54) is 0 Å². The van der Waals surface area contributed by atoms with Crippen molar-refractivity contribution in [2.24, 2.45) is 0 Å². The number of piperidine rings is 1. The van der Waals surface area contributed by atoms with Crippen LogP contribution in [-0.4, -0.2) is 61.7 Å². The van der Waals surface area contributed by atoms with Crippen LogP contribution >= 0.6 is 11.6 Å². The largest absolute Gasteiger partial charge is 0.753 e. The number of nitrogens with one attached hydrogen (secondary N) is 2. The van der Waals surface area contributed by atoms with Crippen molar-refractivity contribution < 1.29 is 9.59 Å². The first-order valence-electron chi connectivity index (χ1n) is 12.3. The van der Waals surface area contributed by atoms with Crippen LogP contribution in [0.1, 0.15) is 29.9 Å². The lowest BCUT2D eigenvalue weighted by Gasteiger charge is -2.39. The number of rotatable bonds is 8. The van der Waals surface area contributed by atoms with Crippen LogP contribution in [0.2, 0.25) is 5.02 Å². The van der Waals surface area contributed by atoms with Gasteiger partial charge >= 0.3 is 6.03 Å². The molecule has 1 saturated heterocycles. The van der Waals surface area contributed by atoms with Gasteiger partial charge in [0.2, 0.25) is 5.91 Å². The summed E-state index contributed by atoms with van der Waals surface area (Å²) in [7, 11) is 0. The summed E-state index contributed by atoms with van der Waals surface area (Å²) in [6.07, 6.45) is 3.46. The molecular weight excluding hydrogens is 494 g/mol. The Morgan fingerprint density at radius 3 is 2.54 bits per heavy atom. The topological polar surface area (TPSA) is 109 Å². The molecule has 2 aliphatic heterocycles. The molecule has 0 saturated carbocycles. The zero-order valence-corrected chi connectivity index (χ0v) is 21.3. The molecule has 5 rings (SSSR count). The summed E-state index contributed by atoms with van der Waals surface area (Å²) in [5.74, 6) is 0.541. The molecule has 0 bridgehead atoms. The second-order valence-corrected chi connectivity index (χ2v) is 9.82. The van der Waals surface area contributed by atoms with Gasteiger partial charge in [0, 0.05) is 29.8 Å². The number of likely N-dealkylation sites (tertiary alicyclic amines) is 1. The third kappa shape index (κ3) is 5.62. The fraction of sp³-hybridized carbons (Fsp3) is 0.346. The molecule has 1 atom stereocenters. The normalized spacial score (nSPS) is 16.8. The number of benzene rings is 2. The third-order valence-corrected chi connectivity index (χ3v) is 7.18. The summed E-state index contributed by atoms with van der Waals surface area (Å²) in [5, 5.41) is 13.7. The van der Waals surface area contributed by atoms with Crippen LogP contribution in [0.3, 0.4) is 0 Å². The highest BCUT2D eigenvalue weighted by molar-refractivity contribution is 6.30. The number of hydrazine groups is 2. The van der Waals surface area contributed by atoms with Gasteiger partial charge in [-0.3, -0.25) is 9.36 Å². The maximum atomic E-state index is 13.6. The molecule has 0 aliphatic carbocycles. The van der Waals surface area contributed by atoms with Crippen molar-refractivity contribution in [3.8, 4) is 0 Å². The number of imidazole rings is 1. The molecule has 11 heteroatoms. The van der Waals surface area contributed by atoms with Gasteiger partial charge in [0.05, 0.1) is 18.4 Å². The summed E-state index contributed by atoms with van der Waals surface area (Å²) < 4.78 is 1.66. The van der Waals surface area contributed by atoms with Crippen molar-refractivity contribution in [2.75, 3.05) is 18.5 Å². The maximum absolute atomic E-state index is 13.6. The second-order valence-electron chi connectivity index (χ2n) is 9.38. The average molecular weight is 523 g/mol. The van der Waals surface area contributed by atoms with Crippen LogP contribution in [-0.2, 0) is 17.8 Å². The number of hydrogen-bond donors (Lipinski definition) is 2. The Balaban J connectivity index is 1.22. The minimum atomic E-state index is -0.765. The number of aryl methyl sites for hydroxylation is 1. The Morgan fingerprint density at radius 1 is 1.16 bits per heavy atom. The molecule has 3 aromatic rings. The lowest BCUT2D eigenvalue weighted by molar-refractivity contribution is -0.136. The monoisotopic (exact) mass is 522 g/mol. The number of halogens is 1. The van der Waals surface area contributed by atoms with Crippen LogP contribution in [0.25, 0.3) is 0 Å². The molecule has 37 heavy (non-hydrogen) atoms. The van der Waals surface area contributed by atoms with Gasteiger partial charge in [-0.05, 0) is 56.0 Å². The fourth-order valence-electron chi connectivity index (χ4n) is 4.99. The number of hydrogen-bond acceptors (Lipinski definition) is 7.